The second-order valence-electron chi connectivity index (χ2n) is 5.06. The first-order valence-corrected chi connectivity index (χ1v) is 6.59. The van der Waals surface area contributed by atoms with Crippen LogP contribution in [-0.2, 0) is 0 Å². The summed E-state index contributed by atoms with van der Waals surface area (Å²) in [5.74, 6) is 0.840. The molecule has 0 bridgehead atoms. The molecule has 1 unspecified atom stereocenters. The van der Waals surface area contributed by atoms with Crippen molar-refractivity contribution in [1.29, 1.82) is 0 Å². The summed E-state index contributed by atoms with van der Waals surface area (Å²) >= 11 is 0. The van der Waals surface area contributed by atoms with Gasteiger partial charge in [-0.15, -0.1) is 0 Å². The first-order chi connectivity index (χ1) is 8.27. The van der Waals surface area contributed by atoms with Gasteiger partial charge < -0.3 is 5.32 Å². The smallest absolute Gasteiger partial charge is 0.0572 e. The van der Waals surface area contributed by atoms with Crippen molar-refractivity contribution in [2.45, 2.75) is 25.8 Å². The molecule has 2 rings (SSSR count). The van der Waals surface area contributed by atoms with E-state index in [2.05, 4.69) is 41.3 Å². The fraction of sp³-hybridized carbons (Fsp3) is 0.643. The average molecular weight is 233 g/mol. The Bertz CT molecular complexity index is 319. The maximum atomic E-state index is 4.44. The predicted molar refractivity (Wildman–Crippen MR) is 70.9 cm³/mol. The Morgan fingerprint density at radius 2 is 2.18 bits per heavy atom. The molecule has 0 saturated carbocycles. The minimum atomic E-state index is 0.408. The van der Waals surface area contributed by atoms with Gasteiger partial charge >= 0.3 is 0 Å². The van der Waals surface area contributed by atoms with Crippen LogP contribution in [0, 0.1) is 5.92 Å². The van der Waals surface area contributed by atoms with Crippen molar-refractivity contribution in [3.63, 3.8) is 0 Å². The maximum absolute atomic E-state index is 4.44. The molecule has 0 amide bonds. The summed E-state index contributed by atoms with van der Waals surface area (Å²) < 4.78 is 0. The molecule has 0 aliphatic carbocycles. The van der Waals surface area contributed by atoms with E-state index in [-0.39, 0.29) is 0 Å². The van der Waals surface area contributed by atoms with E-state index in [1.807, 2.05) is 12.3 Å². The van der Waals surface area contributed by atoms with Gasteiger partial charge in [0.05, 0.1) is 5.69 Å². The van der Waals surface area contributed by atoms with Crippen LogP contribution in [0.5, 0.6) is 0 Å². The Kier molecular flexibility index (Phi) is 4.51. The molecule has 1 aromatic heterocycles. The fourth-order valence-electron chi connectivity index (χ4n) is 2.48. The van der Waals surface area contributed by atoms with Gasteiger partial charge in [-0.05, 0) is 58.0 Å². The third-order valence-corrected chi connectivity index (χ3v) is 3.78. The van der Waals surface area contributed by atoms with Crippen LogP contribution in [0.25, 0.3) is 0 Å². The van der Waals surface area contributed by atoms with E-state index in [1.165, 1.54) is 38.2 Å². The highest BCUT2D eigenvalue weighted by molar-refractivity contribution is 5.07. The molecule has 94 valence electrons. The lowest BCUT2D eigenvalue weighted by Crippen LogP contribution is -2.35. The first kappa shape index (κ1) is 12.5. The predicted octanol–water partition coefficient (Wildman–Crippen LogP) is 2.07. The Balaban J connectivity index is 1.88. The molecule has 1 fully saturated rings. The van der Waals surface area contributed by atoms with Gasteiger partial charge in [0.1, 0.15) is 0 Å². The molecular weight excluding hydrogens is 210 g/mol. The van der Waals surface area contributed by atoms with E-state index >= 15 is 0 Å². The molecule has 1 saturated heterocycles. The van der Waals surface area contributed by atoms with E-state index in [4.69, 9.17) is 0 Å². The number of hydrogen-bond acceptors (Lipinski definition) is 3. The van der Waals surface area contributed by atoms with Crippen molar-refractivity contribution in [3.8, 4) is 0 Å². The number of nitrogens with zero attached hydrogens (tertiary/aromatic N) is 2. The standard InChI is InChI=1S/C14H23N3/c1-12(14-5-3-4-8-16-14)17(2)11-13-6-9-15-10-7-13/h3-5,8,12-13,15H,6-7,9-11H2,1-2H3. The van der Waals surface area contributed by atoms with E-state index in [0.717, 1.165) is 5.92 Å². The molecule has 3 nitrogen and oxygen atoms in total. The monoisotopic (exact) mass is 233 g/mol. The van der Waals surface area contributed by atoms with Gasteiger partial charge in [0.25, 0.3) is 0 Å². The number of rotatable bonds is 4. The minimum Gasteiger partial charge on any atom is -0.317 e. The van der Waals surface area contributed by atoms with Crippen LogP contribution in [0.3, 0.4) is 0 Å². The molecular formula is C14H23N3. The van der Waals surface area contributed by atoms with Gasteiger partial charge in [-0.2, -0.15) is 0 Å². The second kappa shape index (κ2) is 6.12. The van der Waals surface area contributed by atoms with Crippen LogP contribution >= 0.6 is 0 Å². The minimum absolute atomic E-state index is 0.408. The SMILES string of the molecule is CC(c1ccccn1)N(C)CC1CCNCC1. The van der Waals surface area contributed by atoms with Crippen molar-refractivity contribution in [2.75, 3.05) is 26.7 Å². The lowest BCUT2D eigenvalue weighted by molar-refractivity contribution is 0.194. The number of pyridine rings is 1. The van der Waals surface area contributed by atoms with E-state index in [0.29, 0.717) is 6.04 Å². The number of hydrogen-bond donors (Lipinski definition) is 1. The molecule has 1 aliphatic rings. The summed E-state index contributed by atoms with van der Waals surface area (Å²) in [5, 5.41) is 3.42. The highest BCUT2D eigenvalue weighted by atomic mass is 15.1. The maximum Gasteiger partial charge on any atom is 0.0572 e. The highest BCUT2D eigenvalue weighted by Gasteiger charge is 2.19. The second-order valence-corrected chi connectivity index (χ2v) is 5.06. The molecule has 0 spiro atoms. The van der Waals surface area contributed by atoms with Crippen LogP contribution in [0.15, 0.2) is 24.4 Å². The lowest BCUT2D eigenvalue weighted by atomic mass is 9.97. The van der Waals surface area contributed by atoms with Crippen LogP contribution in [-0.4, -0.2) is 36.6 Å². The van der Waals surface area contributed by atoms with E-state index < -0.39 is 0 Å². The quantitative estimate of drug-likeness (QED) is 0.863. The molecule has 0 aromatic carbocycles. The van der Waals surface area contributed by atoms with E-state index in [9.17, 15) is 0 Å². The average Bonchev–Trinajstić information content (AvgIpc) is 2.40. The van der Waals surface area contributed by atoms with Crippen molar-refractivity contribution >= 4 is 0 Å². The Hall–Kier alpha value is -0.930. The Morgan fingerprint density at radius 3 is 2.82 bits per heavy atom. The highest BCUT2D eigenvalue weighted by Crippen LogP contribution is 2.20. The van der Waals surface area contributed by atoms with Gasteiger partial charge in [-0.1, -0.05) is 6.07 Å². The molecule has 1 aliphatic heterocycles. The van der Waals surface area contributed by atoms with Crippen LogP contribution in [0.2, 0.25) is 0 Å². The van der Waals surface area contributed by atoms with Gasteiger partial charge in [-0.3, -0.25) is 9.88 Å². The Labute approximate surface area is 104 Å². The molecule has 0 radical (unpaired) electrons. The summed E-state index contributed by atoms with van der Waals surface area (Å²) in [6.45, 7) is 5.77. The first-order valence-electron chi connectivity index (χ1n) is 6.59. The fourth-order valence-corrected chi connectivity index (χ4v) is 2.48. The third-order valence-electron chi connectivity index (χ3n) is 3.78. The summed E-state index contributed by atoms with van der Waals surface area (Å²) in [4.78, 5) is 6.87. The third kappa shape index (κ3) is 3.51. The lowest BCUT2D eigenvalue weighted by Gasteiger charge is -2.31. The number of aromatic nitrogens is 1. The zero-order valence-corrected chi connectivity index (χ0v) is 10.9. The van der Waals surface area contributed by atoms with Crippen LogP contribution in [0.4, 0.5) is 0 Å². The number of piperidine rings is 1. The molecule has 2 heterocycles. The van der Waals surface area contributed by atoms with Gasteiger partial charge in [0.2, 0.25) is 0 Å². The zero-order valence-electron chi connectivity index (χ0n) is 10.9. The summed E-state index contributed by atoms with van der Waals surface area (Å²) in [6.07, 6.45) is 4.49. The molecule has 17 heavy (non-hydrogen) atoms. The Morgan fingerprint density at radius 1 is 1.41 bits per heavy atom. The van der Waals surface area contributed by atoms with Crippen LogP contribution < -0.4 is 5.32 Å². The normalized spacial score (nSPS) is 19.5. The molecule has 3 heteroatoms. The molecule has 1 aromatic rings. The van der Waals surface area contributed by atoms with Gasteiger partial charge in [0.15, 0.2) is 0 Å². The zero-order chi connectivity index (χ0) is 12.1. The topological polar surface area (TPSA) is 28.2 Å². The van der Waals surface area contributed by atoms with Crippen molar-refractivity contribution < 1.29 is 0 Å². The van der Waals surface area contributed by atoms with Crippen molar-refractivity contribution in [3.05, 3.63) is 30.1 Å². The van der Waals surface area contributed by atoms with Gasteiger partial charge in [-0.25, -0.2) is 0 Å². The summed E-state index contributed by atoms with van der Waals surface area (Å²) in [7, 11) is 2.21. The summed E-state index contributed by atoms with van der Waals surface area (Å²) in [5.41, 5.74) is 1.17. The summed E-state index contributed by atoms with van der Waals surface area (Å²) in [6, 6.07) is 6.56. The number of nitrogens with one attached hydrogen (secondary N) is 1. The van der Waals surface area contributed by atoms with Gasteiger partial charge in [0, 0.05) is 18.8 Å². The molecule has 1 atom stereocenters. The van der Waals surface area contributed by atoms with Crippen LogP contribution in [0.1, 0.15) is 31.5 Å². The largest absolute Gasteiger partial charge is 0.317 e. The molecule has 1 N–H and O–H groups in total. The van der Waals surface area contributed by atoms with E-state index in [1.54, 1.807) is 0 Å². The van der Waals surface area contributed by atoms with Crippen molar-refractivity contribution in [2.24, 2.45) is 5.92 Å². The van der Waals surface area contributed by atoms with Crippen molar-refractivity contribution in [1.82, 2.24) is 15.2 Å².